The van der Waals surface area contributed by atoms with Crippen molar-refractivity contribution in [1.29, 1.82) is 0 Å². The van der Waals surface area contributed by atoms with E-state index in [9.17, 15) is 20.8 Å². The predicted octanol–water partition coefficient (Wildman–Crippen LogP) is 6.50. The Balaban J connectivity index is 0.000000321. The molecular formula is C17H23AsF6OSSi. The van der Waals surface area contributed by atoms with E-state index in [1.807, 2.05) is 0 Å². The van der Waals surface area contributed by atoms with E-state index in [4.69, 9.17) is 4.43 Å². The Morgan fingerprint density at radius 3 is 2.07 bits per heavy atom. The molecule has 1 unspecified atom stereocenters. The Bertz CT molecular complexity index is 802. The van der Waals surface area contributed by atoms with Crippen LogP contribution in [0.25, 0.3) is 10.8 Å². The first-order valence-corrected chi connectivity index (χ1v) is 17.3. The molecule has 27 heavy (non-hydrogen) atoms. The molecule has 154 valence electrons. The summed E-state index contributed by atoms with van der Waals surface area (Å²) in [5, 5.41) is 2.58. The van der Waals surface area contributed by atoms with Crippen molar-refractivity contribution < 1.29 is 25.2 Å². The van der Waals surface area contributed by atoms with Gasteiger partial charge in [0.05, 0.1) is 0 Å². The zero-order chi connectivity index (χ0) is 20.6. The van der Waals surface area contributed by atoms with Crippen LogP contribution in [-0.4, -0.2) is 34.0 Å². The van der Waals surface area contributed by atoms with E-state index in [1.165, 1.54) is 40.0 Å². The summed E-state index contributed by atoms with van der Waals surface area (Å²) in [6, 6.07) is 13.2. The molecule has 0 radical (unpaired) electrons. The minimum atomic E-state index is -11.1. The Morgan fingerprint density at radius 1 is 0.963 bits per heavy atom. The molecule has 1 saturated heterocycles. The Kier molecular flexibility index (Phi) is 5.76. The van der Waals surface area contributed by atoms with Crippen molar-refractivity contribution in [3.63, 3.8) is 0 Å². The van der Waals surface area contributed by atoms with E-state index in [2.05, 4.69) is 56.0 Å². The number of hydrogen-bond donors (Lipinski definition) is 0. The van der Waals surface area contributed by atoms with Crippen molar-refractivity contribution in [3.05, 3.63) is 42.0 Å². The van der Waals surface area contributed by atoms with Gasteiger partial charge in [-0.2, -0.15) is 0 Å². The third kappa shape index (κ3) is 8.83. The molecule has 0 amide bonds. The Hall–Kier alpha value is -0.795. The van der Waals surface area contributed by atoms with Crippen molar-refractivity contribution in [3.8, 4) is 5.75 Å². The fraction of sp³-hybridized carbons (Fsp3) is 0.412. The molecule has 0 N–H and O–H groups in total. The van der Waals surface area contributed by atoms with Crippen LogP contribution in [0.4, 0.5) is 20.8 Å². The van der Waals surface area contributed by atoms with Gasteiger partial charge in [-0.15, -0.1) is 0 Å². The number of rotatable bonds is 3. The van der Waals surface area contributed by atoms with E-state index in [0.717, 1.165) is 0 Å². The second-order valence-electron chi connectivity index (χ2n) is 7.49. The molecule has 2 aromatic carbocycles. The average molecular weight is 492 g/mol. The normalized spacial score (nSPS) is 20.4. The molecule has 0 aliphatic carbocycles. The van der Waals surface area contributed by atoms with Gasteiger partial charge in [0, 0.05) is 23.3 Å². The van der Waals surface area contributed by atoms with Gasteiger partial charge in [0.1, 0.15) is 17.3 Å². The quantitative estimate of drug-likeness (QED) is 0.206. The van der Waals surface area contributed by atoms with Crippen LogP contribution in [0, 0.1) is 0 Å². The van der Waals surface area contributed by atoms with Gasteiger partial charge in [-0.05, 0) is 36.8 Å². The summed E-state index contributed by atoms with van der Waals surface area (Å²) in [6.07, 6.45) is 1.31. The molecule has 10 heteroatoms. The summed E-state index contributed by atoms with van der Waals surface area (Å²) < 4.78 is 65.9. The van der Waals surface area contributed by atoms with Gasteiger partial charge < -0.3 is 4.43 Å². The summed E-state index contributed by atoms with van der Waals surface area (Å²) in [5.41, 5.74) is 1.44. The Morgan fingerprint density at radius 2 is 1.56 bits per heavy atom. The van der Waals surface area contributed by atoms with Crippen molar-refractivity contribution in [1.82, 2.24) is 0 Å². The van der Waals surface area contributed by atoms with Crippen LogP contribution < -0.4 is 4.43 Å². The zero-order valence-electron chi connectivity index (χ0n) is 15.2. The summed E-state index contributed by atoms with van der Waals surface area (Å²) in [4.78, 5) is 0. The monoisotopic (exact) mass is 492 g/mol. The number of hydrogen-bond acceptors (Lipinski definition) is 1. The number of thiol groups is 1. The van der Waals surface area contributed by atoms with E-state index in [0.29, 0.717) is 5.92 Å². The van der Waals surface area contributed by atoms with E-state index in [1.54, 1.807) is 11.8 Å². The molecule has 1 aliphatic heterocycles. The van der Waals surface area contributed by atoms with Crippen molar-refractivity contribution in [2.45, 2.75) is 32.0 Å². The van der Waals surface area contributed by atoms with Gasteiger partial charge in [-0.25, -0.2) is 0 Å². The van der Waals surface area contributed by atoms with Crippen molar-refractivity contribution in [2.24, 2.45) is 0 Å². The van der Waals surface area contributed by atoms with E-state index in [-0.39, 0.29) is 0 Å². The molecule has 1 nitrogen and oxygen atoms in total. The van der Waals surface area contributed by atoms with Crippen molar-refractivity contribution >= 4 is 45.0 Å². The van der Waals surface area contributed by atoms with Gasteiger partial charge in [0.25, 0.3) is 0 Å². The van der Waals surface area contributed by atoms with Crippen LogP contribution in [-0.2, 0) is 11.8 Å². The molecule has 0 bridgehead atoms. The van der Waals surface area contributed by atoms with Crippen LogP contribution >= 0.6 is 0 Å². The standard InChI is InChI=1S/C17H22OSSi.AsF6/c1-20(2,3)18-17-15-7-5-4-6-13(15)8-9-16(17)14-10-11-19-12-14;2-1(3,4,5,6)7/h4-9,14H,10-12H2,1-3H3;/q;-1/p+1. The topological polar surface area (TPSA) is 9.23 Å². The zero-order valence-corrected chi connectivity index (χ0v) is 19.0. The summed E-state index contributed by atoms with van der Waals surface area (Å²) in [7, 11) is -1.60. The van der Waals surface area contributed by atoms with Crippen molar-refractivity contribution in [2.75, 3.05) is 11.5 Å². The summed E-state index contributed by atoms with van der Waals surface area (Å²) in [6.45, 7) is 6.81. The van der Waals surface area contributed by atoms with Crippen LogP contribution in [0.5, 0.6) is 5.75 Å². The van der Waals surface area contributed by atoms with Crippen LogP contribution in [0.1, 0.15) is 17.9 Å². The third-order valence-corrected chi connectivity index (χ3v) is 5.83. The van der Waals surface area contributed by atoms with E-state index < -0.39 is 22.5 Å². The maximum atomic E-state index is 9.91. The van der Waals surface area contributed by atoms with Gasteiger partial charge in [0.2, 0.25) is 8.32 Å². The number of fused-ring (bicyclic) bond motifs is 1. The molecule has 1 heterocycles. The third-order valence-electron chi connectivity index (χ3n) is 3.74. The first-order valence-electron chi connectivity index (χ1n) is 8.40. The molecular weight excluding hydrogens is 469 g/mol. The maximum absolute atomic E-state index is 11.1. The molecule has 0 aromatic heterocycles. The number of benzene rings is 2. The van der Waals surface area contributed by atoms with Crippen LogP contribution in [0.2, 0.25) is 19.6 Å². The van der Waals surface area contributed by atoms with Gasteiger partial charge in [-0.3, -0.25) is 0 Å². The SMILES string of the molecule is C[Si](C)(C)Oc1c(C2CC[SH+]C2)ccc2ccccc12.F[As-](F)(F)(F)(F)F. The molecule has 0 spiro atoms. The van der Waals surface area contributed by atoms with Crippen LogP contribution in [0.15, 0.2) is 36.4 Å². The molecule has 1 atom stereocenters. The Labute approximate surface area is 161 Å². The second kappa shape index (κ2) is 6.92. The molecule has 3 rings (SSSR count). The number of halogens is 6. The molecule has 2 aromatic rings. The first kappa shape index (κ1) is 22.5. The van der Waals surface area contributed by atoms with Gasteiger partial charge in [-0.1, -0.05) is 36.4 Å². The average Bonchev–Trinajstić information content (AvgIpc) is 2.97. The van der Waals surface area contributed by atoms with E-state index >= 15 is 0 Å². The summed E-state index contributed by atoms with van der Waals surface area (Å²) >= 11 is -9.46. The second-order valence-corrected chi connectivity index (χ2v) is 17.2. The summed E-state index contributed by atoms with van der Waals surface area (Å²) in [5.74, 6) is 4.49. The fourth-order valence-electron chi connectivity index (χ4n) is 2.84. The minimum absolute atomic E-state index is 0.688. The van der Waals surface area contributed by atoms with Crippen LogP contribution in [0.3, 0.4) is 0 Å². The molecule has 1 aliphatic rings. The molecule has 1 fully saturated rings. The fourth-order valence-corrected chi connectivity index (χ4v) is 5.05. The first-order chi connectivity index (χ1) is 12.0. The molecule has 0 saturated carbocycles. The van der Waals surface area contributed by atoms with Gasteiger partial charge >= 0.3 is 35.0 Å². The predicted molar refractivity (Wildman–Crippen MR) is 106 cm³/mol. The van der Waals surface area contributed by atoms with Gasteiger partial charge in [0.15, 0.2) is 0 Å².